The first kappa shape index (κ1) is 7.90. The lowest BCUT2D eigenvalue weighted by molar-refractivity contribution is 0.338. The molecule has 0 saturated carbocycles. The Morgan fingerprint density at radius 2 is 2.45 bits per heavy atom. The molecule has 0 aliphatic carbocycles. The van der Waals surface area contributed by atoms with Gasteiger partial charge >= 0.3 is 0 Å². The third-order valence-electron chi connectivity index (χ3n) is 2.55. The topological polar surface area (TPSA) is 3.24 Å². The molecule has 0 aromatic carbocycles. The molecular weight excluding hydrogens is 181 g/mol. The molecule has 1 fully saturated rings. The average molecular weight is 192 g/mol. The van der Waals surface area contributed by atoms with Gasteiger partial charge in [0.2, 0.25) is 0 Å². The number of hydrogen-bond acceptors (Lipinski definition) is 1. The number of hydrogen-bond donors (Lipinski definition) is 0. The number of fused-ring (bicyclic) bond motifs is 1. The van der Waals surface area contributed by atoms with Crippen molar-refractivity contribution in [3.63, 3.8) is 0 Å². The zero-order chi connectivity index (χ0) is 7.84. The molecule has 0 amide bonds. The predicted octanol–water partition coefficient (Wildman–Crippen LogP) is 1.85. The first-order valence-electron chi connectivity index (χ1n) is 3.96. The summed E-state index contributed by atoms with van der Waals surface area (Å²) < 4.78 is 0. The summed E-state index contributed by atoms with van der Waals surface area (Å²) in [6, 6.07) is 0.453. The van der Waals surface area contributed by atoms with Crippen LogP contribution in [-0.4, -0.2) is 35.3 Å². The van der Waals surface area contributed by atoms with Crippen LogP contribution in [0.5, 0.6) is 0 Å². The van der Waals surface area contributed by atoms with Crippen molar-refractivity contribution in [1.82, 2.24) is 4.90 Å². The van der Waals surface area contributed by atoms with E-state index >= 15 is 0 Å². The molecule has 2 heterocycles. The molecule has 62 valence electrons. The minimum atomic E-state index is 0.294. The lowest BCUT2D eigenvalue weighted by atomic mass is 10.1. The average Bonchev–Trinajstić information content (AvgIpc) is 2.54. The van der Waals surface area contributed by atoms with Crippen molar-refractivity contribution in [3.05, 3.63) is 11.6 Å². The normalized spacial score (nSPS) is 37.5. The van der Waals surface area contributed by atoms with Crippen molar-refractivity contribution in [2.45, 2.75) is 17.8 Å². The zero-order valence-electron chi connectivity index (χ0n) is 6.26. The number of halogens is 2. The molecule has 0 spiro atoms. The van der Waals surface area contributed by atoms with E-state index in [9.17, 15) is 0 Å². The van der Waals surface area contributed by atoms with Crippen LogP contribution in [0.3, 0.4) is 0 Å². The molecule has 1 nitrogen and oxygen atoms in total. The Bertz CT molecular complexity index is 191. The van der Waals surface area contributed by atoms with Gasteiger partial charge in [0, 0.05) is 25.0 Å². The summed E-state index contributed by atoms with van der Waals surface area (Å²) in [5.41, 5.74) is 1.32. The Morgan fingerprint density at radius 3 is 3.18 bits per heavy atom. The molecule has 0 bridgehead atoms. The van der Waals surface area contributed by atoms with Crippen molar-refractivity contribution in [3.8, 4) is 0 Å². The van der Waals surface area contributed by atoms with Gasteiger partial charge in [-0.2, -0.15) is 0 Å². The third kappa shape index (κ3) is 1.20. The molecular formula is C8H11Cl2N. The molecule has 2 atom stereocenters. The van der Waals surface area contributed by atoms with Gasteiger partial charge in [0.05, 0.1) is 5.38 Å². The highest BCUT2D eigenvalue weighted by atomic mass is 35.5. The van der Waals surface area contributed by atoms with Crippen LogP contribution in [0.4, 0.5) is 0 Å². The Labute approximate surface area is 77.0 Å². The van der Waals surface area contributed by atoms with Crippen LogP contribution in [-0.2, 0) is 0 Å². The molecule has 0 unspecified atom stereocenters. The van der Waals surface area contributed by atoms with Crippen LogP contribution in [0.15, 0.2) is 11.6 Å². The molecule has 1 saturated heterocycles. The van der Waals surface area contributed by atoms with Crippen LogP contribution in [0.1, 0.15) is 6.42 Å². The van der Waals surface area contributed by atoms with E-state index in [0.29, 0.717) is 17.3 Å². The van der Waals surface area contributed by atoms with Crippen molar-refractivity contribution >= 4 is 23.2 Å². The van der Waals surface area contributed by atoms with Gasteiger partial charge in [-0.15, -0.1) is 23.2 Å². The maximum Gasteiger partial charge on any atom is 0.0542 e. The number of rotatable bonds is 1. The zero-order valence-corrected chi connectivity index (χ0v) is 7.78. The quantitative estimate of drug-likeness (QED) is 0.452. The van der Waals surface area contributed by atoms with E-state index in [1.807, 2.05) is 0 Å². The van der Waals surface area contributed by atoms with Crippen molar-refractivity contribution in [2.75, 3.05) is 19.0 Å². The maximum atomic E-state index is 6.15. The van der Waals surface area contributed by atoms with Crippen LogP contribution >= 0.6 is 23.2 Å². The van der Waals surface area contributed by atoms with Gasteiger partial charge in [-0.3, -0.25) is 4.90 Å². The van der Waals surface area contributed by atoms with Gasteiger partial charge in [-0.1, -0.05) is 6.08 Å². The van der Waals surface area contributed by atoms with Gasteiger partial charge < -0.3 is 0 Å². The van der Waals surface area contributed by atoms with Gasteiger partial charge in [0.15, 0.2) is 0 Å². The summed E-state index contributed by atoms with van der Waals surface area (Å²) in [4.78, 5) is 2.40. The van der Waals surface area contributed by atoms with E-state index in [-0.39, 0.29) is 0 Å². The molecule has 0 N–H and O–H groups in total. The molecule has 3 heteroatoms. The number of nitrogens with zero attached hydrogens (tertiary/aromatic N) is 1. The lowest BCUT2D eigenvalue weighted by Crippen LogP contribution is -2.30. The third-order valence-corrected chi connectivity index (χ3v) is 3.32. The highest BCUT2D eigenvalue weighted by Crippen LogP contribution is 2.32. The summed E-state index contributed by atoms with van der Waals surface area (Å²) in [5.74, 6) is 0.643. The largest absolute Gasteiger partial charge is 0.291 e. The Morgan fingerprint density at radius 1 is 1.64 bits per heavy atom. The molecule has 2 aliphatic rings. The van der Waals surface area contributed by atoms with Gasteiger partial charge in [0.1, 0.15) is 0 Å². The molecule has 11 heavy (non-hydrogen) atoms. The second-order valence-electron chi connectivity index (χ2n) is 3.16. The van der Waals surface area contributed by atoms with Crippen LogP contribution in [0.2, 0.25) is 0 Å². The molecule has 2 rings (SSSR count). The Kier molecular flexibility index (Phi) is 2.13. The monoisotopic (exact) mass is 191 g/mol. The summed E-state index contributed by atoms with van der Waals surface area (Å²) in [7, 11) is 0. The second kappa shape index (κ2) is 2.96. The van der Waals surface area contributed by atoms with E-state index in [0.717, 1.165) is 19.5 Å². The lowest BCUT2D eigenvalue weighted by Gasteiger charge is -2.18. The van der Waals surface area contributed by atoms with Crippen LogP contribution < -0.4 is 0 Å². The predicted molar refractivity (Wildman–Crippen MR) is 48.4 cm³/mol. The highest BCUT2D eigenvalue weighted by molar-refractivity contribution is 6.22. The van der Waals surface area contributed by atoms with Gasteiger partial charge in [0.25, 0.3) is 0 Å². The number of alkyl halides is 2. The van der Waals surface area contributed by atoms with Crippen LogP contribution in [0, 0.1) is 0 Å². The summed E-state index contributed by atoms with van der Waals surface area (Å²) in [6.07, 6.45) is 3.33. The minimum absolute atomic E-state index is 0.294. The highest BCUT2D eigenvalue weighted by Gasteiger charge is 2.37. The second-order valence-corrected chi connectivity index (χ2v) is 3.98. The van der Waals surface area contributed by atoms with E-state index in [4.69, 9.17) is 23.2 Å². The van der Waals surface area contributed by atoms with Crippen molar-refractivity contribution in [2.24, 2.45) is 0 Å². The van der Waals surface area contributed by atoms with E-state index in [2.05, 4.69) is 11.0 Å². The summed E-state index contributed by atoms with van der Waals surface area (Å²) >= 11 is 11.9. The Hall–Kier alpha value is 0.280. The van der Waals surface area contributed by atoms with Crippen molar-refractivity contribution < 1.29 is 0 Å². The fourth-order valence-corrected chi connectivity index (χ4v) is 2.66. The molecule has 0 aromatic rings. The van der Waals surface area contributed by atoms with E-state index in [1.54, 1.807) is 0 Å². The van der Waals surface area contributed by atoms with Gasteiger partial charge in [-0.25, -0.2) is 0 Å². The summed E-state index contributed by atoms with van der Waals surface area (Å²) in [6.45, 7) is 2.19. The Balaban J connectivity index is 2.15. The molecule has 2 aliphatic heterocycles. The van der Waals surface area contributed by atoms with E-state index < -0.39 is 0 Å². The van der Waals surface area contributed by atoms with E-state index in [1.165, 1.54) is 5.57 Å². The smallest absolute Gasteiger partial charge is 0.0542 e. The fraction of sp³-hybridized carbons (Fsp3) is 0.750. The molecule has 0 aromatic heterocycles. The maximum absolute atomic E-state index is 6.15. The van der Waals surface area contributed by atoms with Gasteiger partial charge in [-0.05, 0) is 12.0 Å². The summed E-state index contributed by atoms with van der Waals surface area (Å²) in [5, 5.41) is 0.294. The standard InChI is InChI=1S/C8H11Cl2N/c9-5-6-1-3-11-4-2-7(10)8(6)11/h1,7-8H,2-5H2/t7-,8-/m1/s1. The minimum Gasteiger partial charge on any atom is -0.291 e. The fourth-order valence-electron chi connectivity index (χ4n) is 1.98. The van der Waals surface area contributed by atoms with Crippen LogP contribution in [0.25, 0.3) is 0 Å². The first-order chi connectivity index (χ1) is 5.33. The molecule has 0 radical (unpaired) electrons. The van der Waals surface area contributed by atoms with Crippen molar-refractivity contribution in [1.29, 1.82) is 0 Å². The SMILES string of the molecule is ClCC1=CCN2CC[C@@H](Cl)[C@@H]12. The first-order valence-corrected chi connectivity index (χ1v) is 4.93.